The molecule has 1 atom stereocenters. The van der Waals surface area contributed by atoms with Crippen molar-refractivity contribution in [3.8, 4) is 11.5 Å². The fourth-order valence-electron chi connectivity index (χ4n) is 4.45. The molecule has 1 unspecified atom stereocenters. The number of hydrogen-bond donors (Lipinski definition) is 2. The van der Waals surface area contributed by atoms with Gasteiger partial charge >= 0.3 is 6.03 Å². The summed E-state index contributed by atoms with van der Waals surface area (Å²) in [6.07, 6.45) is 2.44. The summed E-state index contributed by atoms with van der Waals surface area (Å²) in [6.45, 7) is 3.07. The SMILES string of the molecule is Cc1cc(Oc2ccccc2)ccc1N1C(=O)Nc2c(C(=O)NC3CCOC3)sc3nccc1c23. The highest BCUT2D eigenvalue weighted by atomic mass is 32.1. The molecular weight excluding hydrogens is 464 g/mol. The highest BCUT2D eigenvalue weighted by molar-refractivity contribution is 7.21. The Morgan fingerprint density at radius 3 is 2.80 bits per heavy atom. The van der Waals surface area contributed by atoms with Crippen molar-refractivity contribution in [3.05, 3.63) is 71.2 Å². The third-order valence-corrected chi connectivity index (χ3v) is 7.20. The van der Waals surface area contributed by atoms with Gasteiger partial charge in [-0.1, -0.05) is 18.2 Å². The van der Waals surface area contributed by atoms with Gasteiger partial charge in [0.25, 0.3) is 5.91 Å². The van der Waals surface area contributed by atoms with Gasteiger partial charge in [0.1, 0.15) is 21.2 Å². The minimum absolute atomic E-state index is 0.0256. The predicted octanol–water partition coefficient (Wildman–Crippen LogP) is 5.60. The van der Waals surface area contributed by atoms with Crippen molar-refractivity contribution in [1.82, 2.24) is 10.3 Å². The molecule has 35 heavy (non-hydrogen) atoms. The minimum Gasteiger partial charge on any atom is -0.457 e. The number of para-hydroxylation sites is 1. The summed E-state index contributed by atoms with van der Waals surface area (Å²) in [5.74, 6) is 1.20. The van der Waals surface area contributed by atoms with Crippen LogP contribution in [0, 0.1) is 6.92 Å². The number of urea groups is 1. The molecule has 1 saturated heterocycles. The number of hydrogen-bond acceptors (Lipinski definition) is 6. The summed E-state index contributed by atoms with van der Waals surface area (Å²) < 4.78 is 11.3. The van der Waals surface area contributed by atoms with E-state index in [-0.39, 0.29) is 18.0 Å². The zero-order chi connectivity index (χ0) is 23.9. The number of carbonyl (C=O) groups is 2. The Morgan fingerprint density at radius 2 is 2.03 bits per heavy atom. The third-order valence-electron chi connectivity index (χ3n) is 6.11. The van der Waals surface area contributed by atoms with Crippen molar-refractivity contribution in [3.63, 3.8) is 0 Å². The Kier molecular flexibility index (Phi) is 5.35. The molecule has 2 aliphatic rings. The smallest absolute Gasteiger partial charge is 0.331 e. The number of rotatable bonds is 5. The van der Waals surface area contributed by atoms with Crippen molar-refractivity contribution >= 4 is 50.6 Å². The second kappa shape index (κ2) is 8.68. The topological polar surface area (TPSA) is 92.8 Å². The van der Waals surface area contributed by atoms with E-state index in [1.54, 1.807) is 17.2 Å². The number of benzene rings is 2. The van der Waals surface area contributed by atoms with Gasteiger partial charge in [-0.2, -0.15) is 0 Å². The van der Waals surface area contributed by atoms with E-state index in [0.717, 1.165) is 28.8 Å². The molecule has 3 amide bonds. The minimum atomic E-state index is -0.332. The van der Waals surface area contributed by atoms with Gasteiger partial charge in [0.15, 0.2) is 0 Å². The summed E-state index contributed by atoms with van der Waals surface area (Å²) in [4.78, 5) is 33.6. The molecule has 1 fully saturated rings. The number of aryl methyl sites for hydroxylation is 1. The highest BCUT2D eigenvalue weighted by Gasteiger charge is 2.34. The molecule has 0 spiro atoms. The number of nitrogens with zero attached hydrogens (tertiary/aromatic N) is 2. The van der Waals surface area contributed by atoms with E-state index < -0.39 is 0 Å². The van der Waals surface area contributed by atoms with Crippen molar-refractivity contribution in [2.24, 2.45) is 0 Å². The van der Waals surface area contributed by atoms with E-state index >= 15 is 0 Å². The average Bonchev–Trinajstić information content (AvgIpc) is 3.50. The van der Waals surface area contributed by atoms with Crippen LogP contribution in [0.2, 0.25) is 0 Å². The summed E-state index contributed by atoms with van der Waals surface area (Å²) in [6, 6.07) is 16.6. The van der Waals surface area contributed by atoms with Crippen LogP contribution in [-0.2, 0) is 4.74 Å². The summed E-state index contributed by atoms with van der Waals surface area (Å²) >= 11 is 1.28. The molecule has 2 N–H and O–H groups in total. The fraction of sp³-hybridized carbons (Fsp3) is 0.192. The van der Waals surface area contributed by atoms with Crippen LogP contribution in [0.3, 0.4) is 0 Å². The molecule has 4 aromatic rings. The van der Waals surface area contributed by atoms with Crippen molar-refractivity contribution in [2.45, 2.75) is 19.4 Å². The van der Waals surface area contributed by atoms with Gasteiger partial charge in [-0.15, -0.1) is 11.3 Å². The molecule has 0 bridgehead atoms. The maximum Gasteiger partial charge on any atom is 0.331 e. The number of amides is 3. The normalized spacial score (nSPS) is 16.9. The zero-order valence-corrected chi connectivity index (χ0v) is 19.7. The molecule has 8 nitrogen and oxygen atoms in total. The van der Waals surface area contributed by atoms with E-state index in [1.165, 1.54) is 11.3 Å². The first-order chi connectivity index (χ1) is 17.1. The van der Waals surface area contributed by atoms with Crippen molar-refractivity contribution in [1.29, 1.82) is 0 Å². The lowest BCUT2D eigenvalue weighted by Crippen LogP contribution is -2.37. The van der Waals surface area contributed by atoms with Gasteiger partial charge in [-0.25, -0.2) is 9.78 Å². The molecule has 176 valence electrons. The number of pyridine rings is 1. The van der Waals surface area contributed by atoms with E-state index in [0.29, 0.717) is 40.0 Å². The van der Waals surface area contributed by atoms with Gasteiger partial charge in [-0.3, -0.25) is 9.69 Å². The maximum atomic E-state index is 13.4. The monoisotopic (exact) mass is 486 g/mol. The number of thiophene rings is 1. The quantitative estimate of drug-likeness (QED) is 0.383. The van der Waals surface area contributed by atoms with Gasteiger partial charge in [0.2, 0.25) is 0 Å². The van der Waals surface area contributed by atoms with Crippen molar-refractivity contribution in [2.75, 3.05) is 23.4 Å². The molecule has 0 aliphatic carbocycles. The Hall–Kier alpha value is -3.95. The summed E-state index contributed by atoms with van der Waals surface area (Å²) in [5.41, 5.74) is 2.79. The van der Waals surface area contributed by atoms with Gasteiger partial charge < -0.3 is 20.1 Å². The fourth-order valence-corrected chi connectivity index (χ4v) is 5.47. The second-order valence-corrected chi connectivity index (χ2v) is 9.48. The lowest BCUT2D eigenvalue weighted by atomic mass is 10.1. The average molecular weight is 487 g/mol. The number of ether oxygens (including phenoxy) is 2. The third kappa shape index (κ3) is 3.88. The predicted molar refractivity (Wildman–Crippen MR) is 135 cm³/mol. The summed E-state index contributed by atoms with van der Waals surface area (Å²) in [7, 11) is 0. The maximum absolute atomic E-state index is 13.4. The molecule has 2 aromatic carbocycles. The van der Waals surface area contributed by atoms with Gasteiger partial charge in [0, 0.05) is 12.8 Å². The number of nitrogens with one attached hydrogen (secondary N) is 2. The number of aromatic nitrogens is 1. The Bertz CT molecular complexity index is 1450. The Labute approximate surface area is 205 Å². The first kappa shape index (κ1) is 21.6. The van der Waals surface area contributed by atoms with Crippen LogP contribution in [0.15, 0.2) is 60.8 Å². The standard InChI is InChI=1S/C26H22N4O4S/c1-15-13-18(34-17-5-3-2-4-6-17)7-8-19(15)30-20-9-11-27-25-21(20)22(29-26(30)32)23(35-25)24(31)28-16-10-12-33-14-16/h2-9,11,13,16H,10,12,14H2,1H3,(H,28,31)(H,29,32). The molecule has 0 radical (unpaired) electrons. The summed E-state index contributed by atoms with van der Waals surface area (Å²) in [5, 5.41) is 6.71. The molecule has 9 heteroatoms. The molecular formula is C26H22N4O4S. The molecule has 2 aromatic heterocycles. The van der Waals surface area contributed by atoms with Gasteiger partial charge in [-0.05, 0) is 55.3 Å². The number of carbonyl (C=O) groups excluding carboxylic acids is 2. The van der Waals surface area contributed by atoms with E-state index in [9.17, 15) is 9.59 Å². The lowest BCUT2D eigenvalue weighted by molar-refractivity contribution is 0.0935. The van der Waals surface area contributed by atoms with Crippen LogP contribution in [0.25, 0.3) is 10.2 Å². The lowest BCUT2D eigenvalue weighted by Gasteiger charge is -2.29. The Morgan fingerprint density at radius 1 is 1.17 bits per heavy atom. The van der Waals surface area contributed by atoms with Gasteiger partial charge in [0.05, 0.1) is 35.1 Å². The van der Waals surface area contributed by atoms with Crippen LogP contribution < -0.4 is 20.3 Å². The molecule has 4 heterocycles. The van der Waals surface area contributed by atoms with E-state index in [2.05, 4.69) is 15.6 Å². The molecule has 2 aliphatic heterocycles. The molecule has 6 rings (SSSR count). The first-order valence-corrected chi connectivity index (χ1v) is 12.1. The van der Waals surface area contributed by atoms with Crippen molar-refractivity contribution < 1.29 is 19.1 Å². The number of anilines is 3. The highest BCUT2D eigenvalue weighted by Crippen LogP contribution is 2.46. The van der Waals surface area contributed by atoms with Crippen LogP contribution >= 0.6 is 11.3 Å². The van der Waals surface area contributed by atoms with Crippen LogP contribution in [0.4, 0.5) is 21.9 Å². The molecule has 0 saturated carbocycles. The van der Waals surface area contributed by atoms with E-state index in [1.807, 2.05) is 55.5 Å². The van der Waals surface area contributed by atoms with Crippen LogP contribution in [-0.4, -0.2) is 36.2 Å². The second-order valence-electron chi connectivity index (χ2n) is 8.48. The van der Waals surface area contributed by atoms with E-state index in [4.69, 9.17) is 9.47 Å². The Balaban J connectivity index is 1.36. The van der Waals surface area contributed by atoms with Crippen LogP contribution in [0.1, 0.15) is 21.7 Å². The largest absolute Gasteiger partial charge is 0.457 e. The van der Waals surface area contributed by atoms with Crippen LogP contribution in [0.5, 0.6) is 11.5 Å². The first-order valence-electron chi connectivity index (χ1n) is 11.3. The zero-order valence-electron chi connectivity index (χ0n) is 18.9.